The van der Waals surface area contributed by atoms with Crippen LogP contribution in [-0.4, -0.2) is 18.9 Å². The molecule has 0 saturated heterocycles. The number of aryl methyl sites for hydroxylation is 2. The number of fused-ring (bicyclic) bond motifs is 1. The Morgan fingerprint density at radius 3 is 2.67 bits per heavy atom. The summed E-state index contributed by atoms with van der Waals surface area (Å²) in [7, 11) is 3.48. The highest BCUT2D eigenvalue weighted by Gasteiger charge is 2.13. The molecule has 0 aliphatic heterocycles. The predicted molar refractivity (Wildman–Crippen MR) is 88.5 cm³/mol. The van der Waals surface area contributed by atoms with Crippen LogP contribution in [0.15, 0.2) is 40.1 Å². The first kappa shape index (κ1) is 14.1. The predicted octanol–water partition coefficient (Wildman–Crippen LogP) is 1.09. The Balaban J connectivity index is 2.21. The van der Waals surface area contributed by atoms with Crippen molar-refractivity contribution in [2.75, 3.05) is 0 Å². The van der Waals surface area contributed by atoms with Crippen LogP contribution in [0, 0.1) is 3.57 Å². The zero-order chi connectivity index (χ0) is 15.1. The Morgan fingerprint density at radius 1 is 1.19 bits per heavy atom. The molecule has 0 N–H and O–H groups in total. The van der Waals surface area contributed by atoms with Crippen molar-refractivity contribution >= 4 is 33.5 Å². The molecule has 0 aliphatic carbocycles. The Hall–Kier alpha value is -1.90. The van der Waals surface area contributed by atoms with Gasteiger partial charge in [-0.3, -0.25) is 14.0 Å². The number of halogens is 1. The molecule has 0 atom stereocenters. The summed E-state index contributed by atoms with van der Waals surface area (Å²) in [6.07, 6.45) is 1.54. The van der Waals surface area contributed by atoms with Crippen LogP contribution in [0.3, 0.4) is 0 Å². The van der Waals surface area contributed by atoms with Gasteiger partial charge in [0.25, 0.3) is 5.56 Å². The van der Waals surface area contributed by atoms with Crippen molar-refractivity contribution in [1.82, 2.24) is 18.9 Å². The number of aromatic nitrogens is 4. The molecule has 0 radical (unpaired) electrons. The molecule has 0 bridgehead atoms. The smallest absolute Gasteiger partial charge is 0.302 e. The number of rotatable bonds is 2. The van der Waals surface area contributed by atoms with Crippen LogP contribution in [0.4, 0.5) is 0 Å². The Morgan fingerprint density at radius 2 is 1.90 bits per heavy atom. The first-order chi connectivity index (χ1) is 9.99. The van der Waals surface area contributed by atoms with Crippen molar-refractivity contribution in [3.63, 3.8) is 0 Å². The maximum Gasteiger partial charge on any atom is 0.331 e. The molecule has 21 heavy (non-hydrogen) atoms. The van der Waals surface area contributed by atoms with Gasteiger partial charge in [-0.15, -0.1) is 0 Å². The van der Waals surface area contributed by atoms with Gasteiger partial charge in [-0.1, -0.05) is 18.2 Å². The lowest BCUT2D eigenvalue weighted by Gasteiger charge is -2.06. The van der Waals surface area contributed by atoms with Gasteiger partial charge < -0.3 is 4.57 Å². The Labute approximate surface area is 133 Å². The van der Waals surface area contributed by atoms with Gasteiger partial charge in [0.15, 0.2) is 0 Å². The quantitative estimate of drug-likeness (QED) is 0.610. The fraction of sp³-hybridized carbons (Fsp3) is 0.214. The van der Waals surface area contributed by atoms with E-state index in [0.29, 0.717) is 9.26 Å². The zero-order valence-electron chi connectivity index (χ0n) is 11.6. The first-order valence-corrected chi connectivity index (χ1v) is 7.43. The van der Waals surface area contributed by atoms with Gasteiger partial charge in [0.1, 0.15) is 0 Å². The van der Waals surface area contributed by atoms with Crippen LogP contribution in [-0.2, 0) is 20.6 Å². The standard InChI is InChI=1S/C14H13IN4O2/c1-17-7-10(15)13(20)19(14(17)21)8-11-9-5-3-4-6-12(9)18(2)16-11/h3-7H,8H2,1-2H3. The summed E-state index contributed by atoms with van der Waals surface area (Å²) in [6, 6.07) is 7.76. The van der Waals surface area contributed by atoms with Gasteiger partial charge in [-0.05, 0) is 28.7 Å². The molecule has 0 saturated carbocycles. The highest BCUT2D eigenvalue weighted by molar-refractivity contribution is 14.1. The maximum absolute atomic E-state index is 12.2. The summed E-state index contributed by atoms with van der Waals surface area (Å²) in [5, 5.41) is 5.38. The number of hydrogen-bond acceptors (Lipinski definition) is 3. The van der Waals surface area contributed by atoms with Crippen molar-refractivity contribution in [2.24, 2.45) is 14.1 Å². The molecule has 0 spiro atoms. The first-order valence-electron chi connectivity index (χ1n) is 6.35. The lowest BCUT2D eigenvalue weighted by Crippen LogP contribution is -2.40. The molecule has 3 rings (SSSR count). The average Bonchev–Trinajstić information content (AvgIpc) is 2.79. The van der Waals surface area contributed by atoms with E-state index < -0.39 is 0 Å². The second kappa shape index (κ2) is 5.14. The van der Waals surface area contributed by atoms with Crippen LogP contribution in [0.2, 0.25) is 0 Å². The van der Waals surface area contributed by atoms with E-state index in [0.717, 1.165) is 10.9 Å². The van der Waals surface area contributed by atoms with Crippen LogP contribution in [0.25, 0.3) is 10.9 Å². The minimum Gasteiger partial charge on any atom is -0.302 e. The van der Waals surface area contributed by atoms with E-state index >= 15 is 0 Å². The van der Waals surface area contributed by atoms with Gasteiger partial charge in [-0.25, -0.2) is 4.79 Å². The van der Waals surface area contributed by atoms with E-state index in [2.05, 4.69) is 5.10 Å². The van der Waals surface area contributed by atoms with Crippen LogP contribution >= 0.6 is 22.6 Å². The number of nitrogens with zero attached hydrogens (tertiary/aromatic N) is 4. The Bertz CT molecular complexity index is 917. The van der Waals surface area contributed by atoms with Gasteiger partial charge >= 0.3 is 5.69 Å². The number of hydrogen-bond donors (Lipinski definition) is 0. The second-order valence-electron chi connectivity index (χ2n) is 4.85. The molecule has 0 aliphatic rings. The molecule has 0 unspecified atom stereocenters. The average molecular weight is 396 g/mol. The summed E-state index contributed by atoms with van der Waals surface area (Å²) in [6.45, 7) is 0.170. The highest BCUT2D eigenvalue weighted by Crippen LogP contribution is 2.17. The summed E-state index contributed by atoms with van der Waals surface area (Å²) in [5.74, 6) is 0. The second-order valence-corrected chi connectivity index (χ2v) is 6.01. The molecule has 108 valence electrons. The minimum absolute atomic E-state index is 0.170. The summed E-state index contributed by atoms with van der Waals surface area (Å²) in [5.41, 5.74) is 1.07. The van der Waals surface area contributed by atoms with Crippen LogP contribution in [0.5, 0.6) is 0 Å². The van der Waals surface area contributed by atoms with Crippen molar-refractivity contribution < 1.29 is 0 Å². The third-order valence-electron chi connectivity index (χ3n) is 3.43. The fourth-order valence-electron chi connectivity index (χ4n) is 2.38. The fourth-order valence-corrected chi connectivity index (χ4v) is 3.09. The molecule has 0 fully saturated rings. The van der Waals surface area contributed by atoms with Crippen molar-refractivity contribution in [3.8, 4) is 0 Å². The molecule has 2 aromatic heterocycles. The van der Waals surface area contributed by atoms with Gasteiger partial charge in [0.05, 0.1) is 21.3 Å². The van der Waals surface area contributed by atoms with Crippen molar-refractivity contribution in [2.45, 2.75) is 6.54 Å². The van der Waals surface area contributed by atoms with E-state index in [1.54, 1.807) is 11.7 Å². The largest absolute Gasteiger partial charge is 0.331 e. The summed E-state index contributed by atoms with van der Waals surface area (Å²) in [4.78, 5) is 24.4. The molecule has 6 nitrogen and oxygen atoms in total. The van der Waals surface area contributed by atoms with Crippen LogP contribution < -0.4 is 11.2 Å². The number of para-hydroxylation sites is 1. The molecule has 0 amide bonds. The van der Waals surface area contributed by atoms with Gasteiger partial charge in [0.2, 0.25) is 0 Å². The van der Waals surface area contributed by atoms with Crippen LogP contribution in [0.1, 0.15) is 5.69 Å². The third kappa shape index (κ3) is 2.31. The topological polar surface area (TPSA) is 61.8 Å². The molecule has 1 aromatic carbocycles. The monoisotopic (exact) mass is 396 g/mol. The summed E-state index contributed by atoms with van der Waals surface area (Å²) < 4.78 is 4.90. The van der Waals surface area contributed by atoms with Crippen molar-refractivity contribution in [1.29, 1.82) is 0 Å². The summed E-state index contributed by atoms with van der Waals surface area (Å²) >= 11 is 1.94. The molecule has 7 heteroatoms. The molecule has 2 heterocycles. The third-order valence-corrected chi connectivity index (χ3v) is 4.17. The van der Waals surface area contributed by atoms with E-state index in [1.807, 2.05) is 53.9 Å². The Kier molecular flexibility index (Phi) is 3.44. The van der Waals surface area contributed by atoms with Gasteiger partial charge in [0, 0.05) is 25.7 Å². The minimum atomic E-state index is -0.338. The maximum atomic E-state index is 12.2. The molecule has 3 aromatic rings. The number of benzene rings is 1. The van der Waals surface area contributed by atoms with Crippen molar-refractivity contribution in [3.05, 3.63) is 60.6 Å². The van der Waals surface area contributed by atoms with E-state index in [9.17, 15) is 9.59 Å². The normalized spacial score (nSPS) is 11.2. The SMILES string of the molecule is Cn1cc(I)c(=O)n(Cc2nn(C)c3ccccc23)c1=O. The van der Waals surface area contributed by atoms with E-state index in [-0.39, 0.29) is 17.8 Å². The highest BCUT2D eigenvalue weighted by atomic mass is 127. The van der Waals surface area contributed by atoms with E-state index in [4.69, 9.17) is 0 Å². The lowest BCUT2D eigenvalue weighted by molar-refractivity contribution is 0.618. The zero-order valence-corrected chi connectivity index (χ0v) is 13.7. The molecular formula is C14H13IN4O2. The van der Waals surface area contributed by atoms with Gasteiger partial charge in [-0.2, -0.15) is 5.10 Å². The molecular weight excluding hydrogens is 383 g/mol. The lowest BCUT2D eigenvalue weighted by atomic mass is 10.2. The van der Waals surface area contributed by atoms with E-state index in [1.165, 1.54) is 15.3 Å².